The molecule has 0 aromatic rings. The lowest BCUT2D eigenvalue weighted by atomic mass is 9.69. The van der Waals surface area contributed by atoms with Crippen molar-refractivity contribution in [3.8, 4) is 0 Å². The molecule has 1 saturated carbocycles. The van der Waals surface area contributed by atoms with E-state index in [1.165, 1.54) is 19.3 Å². The quantitative estimate of drug-likeness (QED) is 0.716. The Bertz CT molecular complexity index is 274. The number of likely N-dealkylation sites (N-methyl/N-ethyl adjacent to an activating group) is 1. The van der Waals surface area contributed by atoms with Crippen LogP contribution in [0.1, 0.15) is 40.0 Å². The Morgan fingerprint density at radius 1 is 1.53 bits per heavy atom. The minimum Gasteiger partial charge on any atom is -0.370 e. The van der Waals surface area contributed by atoms with Crippen molar-refractivity contribution in [2.45, 2.75) is 45.6 Å². The first-order valence-corrected chi connectivity index (χ1v) is 6.17. The summed E-state index contributed by atoms with van der Waals surface area (Å²) in [6, 6.07) is 0. The SMILES string of the molecule is CCN1C(N)=NCC12CCC(C)CC2C. The maximum atomic E-state index is 5.97. The van der Waals surface area contributed by atoms with E-state index >= 15 is 0 Å². The highest BCUT2D eigenvalue weighted by atomic mass is 15.4. The Hall–Kier alpha value is -0.730. The molecule has 3 nitrogen and oxygen atoms in total. The predicted octanol–water partition coefficient (Wildman–Crippen LogP) is 1.83. The van der Waals surface area contributed by atoms with Crippen LogP contribution in [-0.4, -0.2) is 29.5 Å². The Kier molecular flexibility index (Phi) is 2.65. The van der Waals surface area contributed by atoms with Gasteiger partial charge in [0.2, 0.25) is 0 Å². The van der Waals surface area contributed by atoms with Gasteiger partial charge in [-0.15, -0.1) is 0 Å². The van der Waals surface area contributed by atoms with Crippen molar-refractivity contribution in [2.24, 2.45) is 22.6 Å². The Morgan fingerprint density at radius 2 is 2.27 bits per heavy atom. The Morgan fingerprint density at radius 3 is 2.87 bits per heavy atom. The first-order chi connectivity index (χ1) is 7.10. The van der Waals surface area contributed by atoms with Crippen molar-refractivity contribution >= 4 is 5.96 Å². The summed E-state index contributed by atoms with van der Waals surface area (Å²) < 4.78 is 0. The number of guanidine groups is 1. The topological polar surface area (TPSA) is 41.6 Å². The molecule has 0 saturated heterocycles. The molecule has 0 amide bonds. The zero-order chi connectivity index (χ0) is 11.1. The summed E-state index contributed by atoms with van der Waals surface area (Å²) in [7, 11) is 0. The van der Waals surface area contributed by atoms with Gasteiger partial charge >= 0.3 is 0 Å². The average molecular weight is 209 g/mol. The van der Waals surface area contributed by atoms with E-state index in [-0.39, 0.29) is 5.54 Å². The molecule has 1 fully saturated rings. The minimum absolute atomic E-state index is 0.255. The number of nitrogens with two attached hydrogens (primary N) is 1. The third kappa shape index (κ3) is 1.52. The third-order valence-corrected chi connectivity index (χ3v) is 4.39. The summed E-state index contributed by atoms with van der Waals surface area (Å²) >= 11 is 0. The second-order valence-electron chi connectivity index (χ2n) is 5.30. The van der Waals surface area contributed by atoms with Gasteiger partial charge in [-0.05, 0) is 38.0 Å². The molecule has 2 aliphatic rings. The molecule has 0 aromatic carbocycles. The summed E-state index contributed by atoms with van der Waals surface area (Å²) in [5, 5.41) is 0. The second kappa shape index (κ2) is 3.69. The smallest absolute Gasteiger partial charge is 0.191 e. The van der Waals surface area contributed by atoms with E-state index in [4.69, 9.17) is 5.73 Å². The maximum absolute atomic E-state index is 5.97. The molecule has 1 aliphatic heterocycles. The van der Waals surface area contributed by atoms with Gasteiger partial charge in [0.25, 0.3) is 0 Å². The van der Waals surface area contributed by atoms with Crippen LogP contribution in [0.15, 0.2) is 4.99 Å². The first-order valence-electron chi connectivity index (χ1n) is 6.17. The van der Waals surface area contributed by atoms with Crippen LogP contribution in [0.3, 0.4) is 0 Å². The maximum Gasteiger partial charge on any atom is 0.191 e. The number of rotatable bonds is 1. The molecule has 15 heavy (non-hydrogen) atoms. The standard InChI is InChI=1S/C12H23N3/c1-4-15-11(13)14-8-12(15)6-5-9(2)7-10(12)3/h9-10H,4-8H2,1-3H3,(H2,13,14). The molecule has 3 unspecified atom stereocenters. The lowest BCUT2D eigenvalue weighted by Gasteiger charge is -2.48. The van der Waals surface area contributed by atoms with E-state index in [0.29, 0.717) is 5.92 Å². The van der Waals surface area contributed by atoms with E-state index in [1.807, 2.05) is 0 Å². The number of aliphatic imine (C=N–C) groups is 1. The van der Waals surface area contributed by atoms with Gasteiger partial charge in [0.05, 0.1) is 12.1 Å². The molecule has 1 spiro atoms. The fourth-order valence-corrected chi connectivity index (χ4v) is 3.41. The molecule has 2 N–H and O–H groups in total. The molecule has 0 bridgehead atoms. The lowest BCUT2D eigenvalue weighted by Crippen LogP contribution is -2.57. The molecule has 2 rings (SSSR count). The van der Waals surface area contributed by atoms with Gasteiger partial charge < -0.3 is 10.6 Å². The van der Waals surface area contributed by atoms with Crippen molar-refractivity contribution in [3.05, 3.63) is 0 Å². The Labute approximate surface area is 92.7 Å². The van der Waals surface area contributed by atoms with Crippen molar-refractivity contribution in [1.29, 1.82) is 0 Å². The molecular weight excluding hydrogens is 186 g/mol. The molecule has 1 aliphatic carbocycles. The van der Waals surface area contributed by atoms with Crippen LogP contribution >= 0.6 is 0 Å². The van der Waals surface area contributed by atoms with Crippen molar-refractivity contribution in [3.63, 3.8) is 0 Å². The summed E-state index contributed by atoms with van der Waals surface area (Å²) in [6.07, 6.45) is 3.90. The van der Waals surface area contributed by atoms with Crippen LogP contribution < -0.4 is 5.73 Å². The van der Waals surface area contributed by atoms with E-state index in [1.54, 1.807) is 0 Å². The third-order valence-electron chi connectivity index (χ3n) is 4.39. The molecular formula is C12H23N3. The monoisotopic (exact) mass is 209 g/mol. The van der Waals surface area contributed by atoms with Gasteiger partial charge in [-0.1, -0.05) is 13.8 Å². The van der Waals surface area contributed by atoms with Crippen LogP contribution in [0.5, 0.6) is 0 Å². The normalized spacial score (nSPS) is 41.0. The number of hydrogen-bond acceptors (Lipinski definition) is 3. The van der Waals surface area contributed by atoms with Crippen molar-refractivity contribution in [1.82, 2.24) is 4.90 Å². The van der Waals surface area contributed by atoms with Gasteiger partial charge in [-0.3, -0.25) is 4.99 Å². The van der Waals surface area contributed by atoms with E-state index in [9.17, 15) is 0 Å². The van der Waals surface area contributed by atoms with E-state index in [2.05, 4.69) is 30.7 Å². The fraction of sp³-hybridized carbons (Fsp3) is 0.917. The first kappa shape index (κ1) is 10.8. The highest BCUT2D eigenvalue weighted by Crippen LogP contribution is 2.42. The van der Waals surface area contributed by atoms with Gasteiger partial charge in [-0.25, -0.2) is 0 Å². The second-order valence-corrected chi connectivity index (χ2v) is 5.30. The Balaban J connectivity index is 2.20. The summed E-state index contributed by atoms with van der Waals surface area (Å²) in [5.74, 6) is 2.34. The van der Waals surface area contributed by atoms with Gasteiger partial charge in [-0.2, -0.15) is 0 Å². The van der Waals surface area contributed by atoms with E-state index < -0.39 is 0 Å². The largest absolute Gasteiger partial charge is 0.370 e. The van der Waals surface area contributed by atoms with Crippen LogP contribution in [0.25, 0.3) is 0 Å². The molecule has 0 radical (unpaired) electrons. The van der Waals surface area contributed by atoms with Gasteiger partial charge in [0.1, 0.15) is 0 Å². The fourth-order valence-electron chi connectivity index (χ4n) is 3.41. The summed E-state index contributed by atoms with van der Waals surface area (Å²) in [4.78, 5) is 6.80. The highest BCUT2D eigenvalue weighted by molar-refractivity contribution is 5.81. The molecule has 1 heterocycles. The highest BCUT2D eigenvalue weighted by Gasteiger charge is 2.47. The lowest BCUT2D eigenvalue weighted by molar-refractivity contribution is 0.0654. The molecule has 86 valence electrons. The number of nitrogens with zero attached hydrogens (tertiary/aromatic N) is 2. The van der Waals surface area contributed by atoms with Crippen molar-refractivity contribution in [2.75, 3.05) is 13.1 Å². The average Bonchev–Trinajstić information content (AvgIpc) is 2.51. The number of hydrogen-bond donors (Lipinski definition) is 1. The summed E-state index contributed by atoms with van der Waals surface area (Å²) in [5.41, 5.74) is 6.22. The van der Waals surface area contributed by atoms with Crippen LogP contribution in [0.2, 0.25) is 0 Å². The van der Waals surface area contributed by atoms with Crippen LogP contribution in [0, 0.1) is 11.8 Å². The van der Waals surface area contributed by atoms with Crippen molar-refractivity contribution < 1.29 is 0 Å². The van der Waals surface area contributed by atoms with Gasteiger partial charge in [0, 0.05) is 6.54 Å². The minimum atomic E-state index is 0.255. The van der Waals surface area contributed by atoms with Gasteiger partial charge in [0.15, 0.2) is 5.96 Å². The summed E-state index contributed by atoms with van der Waals surface area (Å²) in [6.45, 7) is 8.82. The predicted molar refractivity (Wildman–Crippen MR) is 63.8 cm³/mol. The van der Waals surface area contributed by atoms with E-state index in [0.717, 1.165) is 25.0 Å². The molecule has 3 heteroatoms. The zero-order valence-electron chi connectivity index (χ0n) is 10.2. The molecule has 0 aromatic heterocycles. The zero-order valence-corrected chi connectivity index (χ0v) is 10.2. The van der Waals surface area contributed by atoms with Crippen LogP contribution in [-0.2, 0) is 0 Å². The molecule has 3 atom stereocenters. The van der Waals surface area contributed by atoms with Crippen LogP contribution in [0.4, 0.5) is 0 Å².